The monoisotopic (exact) mass is 133 g/mol. The summed E-state index contributed by atoms with van der Waals surface area (Å²) in [5, 5.41) is 8.66. The van der Waals surface area contributed by atoms with Crippen molar-refractivity contribution in [1.82, 2.24) is 0 Å². The highest BCUT2D eigenvalue weighted by Crippen LogP contribution is 1.84. The largest absolute Gasteiger partial charge is 0.464 e. The smallest absolute Gasteiger partial charge is 0.336 e. The second-order valence-corrected chi connectivity index (χ2v) is 1.50. The molecule has 4 nitrogen and oxygen atoms in total. The average Bonchev–Trinajstić information content (AvgIpc) is 1.87. The first-order valence-electron chi connectivity index (χ1n) is 2.77. The molecule has 9 heavy (non-hydrogen) atoms. The van der Waals surface area contributed by atoms with Gasteiger partial charge in [-0.3, -0.25) is 0 Å². The van der Waals surface area contributed by atoms with E-state index in [9.17, 15) is 4.79 Å². The van der Waals surface area contributed by atoms with Crippen molar-refractivity contribution in [3.8, 4) is 0 Å². The third-order valence-electron chi connectivity index (χ3n) is 0.782. The van der Waals surface area contributed by atoms with Gasteiger partial charge in [0.2, 0.25) is 0 Å². The summed E-state index contributed by atoms with van der Waals surface area (Å²) in [7, 11) is 0. The van der Waals surface area contributed by atoms with Crippen LogP contribution in [0.5, 0.6) is 0 Å². The Morgan fingerprint density at radius 3 is 2.78 bits per heavy atom. The van der Waals surface area contributed by atoms with Gasteiger partial charge >= 0.3 is 5.97 Å². The van der Waals surface area contributed by atoms with E-state index in [0.29, 0.717) is 0 Å². The van der Waals surface area contributed by atoms with Crippen molar-refractivity contribution < 1.29 is 14.6 Å². The molecular formula is C5H11NO3. The first kappa shape index (κ1) is 8.39. The second kappa shape index (κ2) is 4.29. The van der Waals surface area contributed by atoms with Crippen LogP contribution in [0, 0.1) is 0 Å². The molecule has 0 aliphatic carbocycles. The summed E-state index contributed by atoms with van der Waals surface area (Å²) in [6.45, 7) is 1.86. The van der Waals surface area contributed by atoms with E-state index in [2.05, 4.69) is 4.74 Å². The van der Waals surface area contributed by atoms with Crippen LogP contribution in [0.1, 0.15) is 6.92 Å². The van der Waals surface area contributed by atoms with Crippen LogP contribution in [0.25, 0.3) is 0 Å². The molecule has 0 amide bonds. The van der Waals surface area contributed by atoms with E-state index in [1.165, 1.54) is 0 Å². The van der Waals surface area contributed by atoms with E-state index >= 15 is 0 Å². The molecule has 3 N–H and O–H groups in total. The molecule has 0 spiro atoms. The number of carbonyl (C=O) groups is 1. The quantitative estimate of drug-likeness (QED) is 0.478. The topological polar surface area (TPSA) is 72.5 Å². The Morgan fingerprint density at radius 1 is 1.89 bits per heavy atom. The van der Waals surface area contributed by atoms with Crippen LogP contribution < -0.4 is 5.73 Å². The number of nitrogens with two attached hydrogens (primary N) is 1. The Bertz CT molecular complexity index is 94.2. The number of ether oxygens (including phenoxy) is 1. The SMILES string of the molecule is CCOC(=O)[C@H](O)CN. The molecule has 0 unspecified atom stereocenters. The number of hydrogen-bond donors (Lipinski definition) is 2. The van der Waals surface area contributed by atoms with Gasteiger partial charge in [-0.1, -0.05) is 0 Å². The second-order valence-electron chi connectivity index (χ2n) is 1.50. The molecule has 54 valence electrons. The third kappa shape index (κ3) is 3.05. The lowest BCUT2D eigenvalue weighted by molar-refractivity contribution is -0.152. The van der Waals surface area contributed by atoms with Gasteiger partial charge in [0.25, 0.3) is 0 Å². The minimum Gasteiger partial charge on any atom is -0.464 e. The molecule has 0 aromatic carbocycles. The van der Waals surface area contributed by atoms with E-state index in [1.807, 2.05) is 0 Å². The molecule has 0 heterocycles. The lowest BCUT2D eigenvalue weighted by Gasteiger charge is -2.04. The molecule has 1 atom stereocenters. The maximum absolute atomic E-state index is 10.4. The van der Waals surface area contributed by atoms with E-state index in [-0.39, 0.29) is 13.2 Å². The number of hydrogen-bond acceptors (Lipinski definition) is 4. The summed E-state index contributed by atoms with van der Waals surface area (Å²) in [5.41, 5.74) is 4.95. The molecule has 0 aromatic rings. The number of aliphatic hydroxyl groups excluding tert-OH is 1. The van der Waals surface area contributed by atoms with Crippen molar-refractivity contribution in [1.29, 1.82) is 0 Å². The highest BCUT2D eigenvalue weighted by atomic mass is 16.5. The fraction of sp³-hybridized carbons (Fsp3) is 0.800. The lowest BCUT2D eigenvalue weighted by atomic mass is 10.4. The summed E-state index contributed by atoms with van der Waals surface area (Å²) >= 11 is 0. The van der Waals surface area contributed by atoms with Crippen LogP contribution in [0.2, 0.25) is 0 Å². The Labute approximate surface area is 53.6 Å². The van der Waals surface area contributed by atoms with Gasteiger partial charge in [-0.15, -0.1) is 0 Å². The fourth-order valence-corrected chi connectivity index (χ4v) is 0.335. The minimum atomic E-state index is -1.16. The Balaban J connectivity index is 3.46. The normalized spacial score (nSPS) is 12.8. The molecule has 0 rings (SSSR count). The number of aliphatic hydroxyl groups is 1. The van der Waals surface area contributed by atoms with Crippen LogP contribution in [0.3, 0.4) is 0 Å². The molecule has 0 bridgehead atoms. The van der Waals surface area contributed by atoms with E-state index in [4.69, 9.17) is 10.8 Å². The van der Waals surface area contributed by atoms with Gasteiger partial charge in [0, 0.05) is 6.54 Å². The van der Waals surface area contributed by atoms with E-state index in [0.717, 1.165) is 0 Å². The lowest BCUT2D eigenvalue weighted by Crippen LogP contribution is -2.30. The molecule has 0 fully saturated rings. The molecule has 4 heteroatoms. The Kier molecular flexibility index (Phi) is 4.00. The van der Waals surface area contributed by atoms with E-state index < -0.39 is 12.1 Å². The molecule has 0 aliphatic rings. The summed E-state index contributed by atoms with van der Waals surface area (Å²) in [6, 6.07) is 0. The predicted octanol–water partition coefficient (Wildman–Crippen LogP) is -1.13. The van der Waals surface area contributed by atoms with Gasteiger partial charge in [0.15, 0.2) is 6.10 Å². The molecule has 0 aromatic heterocycles. The van der Waals surface area contributed by atoms with Gasteiger partial charge in [0.05, 0.1) is 6.61 Å². The number of carbonyl (C=O) groups excluding carboxylic acids is 1. The summed E-state index contributed by atoms with van der Waals surface area (Å²) in [4.78, 5) is 10.4. The number of esters is 1. The zero-order chi connectivity index (χ0) is 7.28. The predicted molar refractivity (Wildman–Crippen MR) is 31.7 cm³/mol. The standard InChI is InChI=1S/C5H11NO3/c1-2-9-5(8)4(7)3-6/h4,7H,2-3,6H2,1H3/t4-/m1/s1. The maximum atomic E-state index is 10.4. The van der Waals surface area contributed by atoms with Crippen molar-refractivity contribution >= 4 is 5.97 Å². The molecule has 0 saturated carbocycles. The molecule has 0 radical (unpaired) electrons. The minimum absolute atomic E-state index is 0.0845. The zero-order valence-corrected chi connectivity index (χ0v) is 5.33. The van der Waals surface area contributed by atoms with Crippen LogP contribution in [-0.4, -0.2) is 30.3 Å². The third-order valence-corrected chi connectivity index (χ3v) is 0.782. The van der Waals surface area contributed by atoms with Gasteiger partial charge in [-0.25, -0.2) is 4.79 Å². The summed E-state index contributed by atoms with van der Waals surface area (Å²) in [5.74, 6) is -0.653. The van der Waals surface area contributed by atoms with Crippen molar-refractivity contribution in [2.45, 2.75) is 13.0 Å². The zero-order valence-electron chi connectivity index (χ0n) is 5.33. The van der Waals surface area contributed by atoms with Crippen LogP contribution in [0.4, 0.5) is 0 Å². The van der Waals surface area contributed by atoms with Crippen molar-refractivity contribution in [2.24, 2.45) is 5.73 Å². The molecule has 0 saturated heterocycles. The summed E-state index contributed by atoms with van der Waals surface area (Å²) in [6.07, 6.45) is -1.16. The Hall–Kier alpha value is -0.610. The highest BCUT2D eigenvalue weighted by molar-refractivity contribution is 5.74. The molecular weight excluding hydrogens is 122 g/mol. The van der Waals surface area contributed by atoms with Crippen LogP contribution in [0.15, 0.2) is 0 Å². The van der Waals surface area contributed by atoms with Gasteiger partial charge in [-0.2, -0.15) is 0 Å². The van der Waals surface area contributed by atoms with Gasteiger partial charge in [0.1, 0.15) is 0 Å². The van der Waals surface area contributed by atoms with Crippen LogP contribution in [-0.2, 0) is 9.53 Å². The fourth-order valence-electron chi connectivity index (χ4n) is 0.335. The van der Waals surface area contributed by atoms with E-state index in [1.54, 1.807) is 6.92 Å². The Morgan fingerprint density at radius 2 is 2.44 bits per heavy atom. The summed E-state index contributed by atoms with van der Waals surface area (Å²) < 4.78 is 4.43. The van der Waals surface area contributed by atoms with Gasteiger partial charge < -0.3 is 15.6 Å². The molecule has 0 aliphatic heterocycles. The van der Waals surface area contributed by atoms with Crippen molar-refractivity contribution in [3.63, 3.8) is 0 Å². The van der Waals surface area contributed by atoms with Gasteiger partial charge in [-0.05, 0) is 6.92 Å². The first-order valence-corrected chi connectivity index (χ1v) is 2.77. The highest BCUT2D eigenvalue weighted by Gasteiger charge is 2.12. The van der Waals surface area contributed by atoms with Crippen LogP contribution >= 0.6 is 0 Å². The maximum Gasteiger partial charge on any atom is 0.336 e. The van der Waals surface area contributed by atoms with Crippen molar-refractivity contribution in [2.75, 3.05) is 13.2 Å². The first-order chi connectivity index (χ1) is 4.22. The number of rotatable bonds is 3. The average molecular weight is 133 g/mol. The van der Waals surface area contributed by atoms with Crippen molar-refractivity contribution in [3.05, 3.63) is 0 Å².